The van der Waals surface area contributed by atoms with Gasteiger partial charge in [0.25, 0.3) is 0 Å². The zero-order valence-corrected chi connectivity index (χ0v) is 16.0. The van der Waals surface area contributed by atoms with Gasteiger partial charge in [-0.1, -0.05) is 13.3 Å². The van der Waals surface area contributed by atoms with E-state index >= 15 is 0 Å². The summed E-state index contributed by atoms with van der Waals surface area (Å²) in [5, 5.41) is 24.8. The molecular formula is C19H28N6O2. The van der Waals surface area contributed by atoms with Gasteiger partial charge >= 0.3 is 0 Å². The number of methoxy groups -OCH3 is 1. The summed E-state index contributed by atoms with van der Waals surface area (Å²) in [5.74, 6) is 1.81. The van der Waals surface area contributed by atoms with Gasteiger partial charge in [0.05, 0.1) is 24.5 Å². The lowest BCUT2D eigenvalue weighted by Crippen LogP contribution is -2.29. The van der Waals surface area contributed by atoms with Gasteiger partial charge in [0.2, 0.25) is 11.8 Å². The first-order valence-electron chi connectivity index (χ1n) is 9.63. The highest BCUT2D eigenvalue weighted by Crippen LogP contribution is 2.29. The van der Waals surface area contributed by atoms with Crippen molar-refractivity contribution in [1.29, 1.82) is 0 Å². The van der Waals surface area contributed by atoms with Crippen molar-refractivity contribution < 1.29 is 9.84 Å². The first kappa shape index (κ1) is 19.3. The molecule has 0 aromatic carbocycles. The van der Waals surface area contributed by atoms with Gasteiger partial charge in [0, 0.05) is 24.8 Å². The smallest absolute Gasteiger partial charge is 0.233 e. The molecule has 2 heterocycles. The van der Waals surface area contributed by atoms with E-state index in [4.69, 9.17) is 4.74 Å². The van der Waals surface area contributed by atoms with Crippen molar-refractivity contribution in [1.82, 2.24) is 20.2 Å². The average molecular weight is 372 g/mol. The molecular weight excluding hydrogens is 344 g/mol. The van der Waals surface area contributed by atoms with Crippen LogP contribution in [0.1, 0.15) is 45.4 Å². The van der Waals surface area contributed by atoms with E-state index < -0.39 is 0 Å². The number of nitrogens with one attached hydrogen (secondary N) is 2. The molecule has 0 saturated heterocycles. The van der Waals surface area contributed by atoms with E-state index in [9.17, 15) is 5.11 Å². The van der Waals surface area contributed by atoms with Crippen molar-refractivity contribution in [2.24, 2.45) is 0 Å². The molecule has 0 atom stereocenters. The molecule has 8 nitrogen and oxygen atoms in total. The van der Waals surface area contributed by atoms with E-state index in [-0.39, 0.29) is 12.1 Å². The molecule has 1 fully saturated rings. The fraction of sp³-hybridized carbons (Fsp3) is 0.579. The van der Waals surface area contributed by atoms with Gasteiger partial charge in [-0.05, 0) is 38.2 Å². The molecule has 8 heteroatoms. The number of rotatable bonds is 8. The second-order valence-electron chi connectivity index (χ2n) is 6.85. The molecule has 2 aromatic rings. The van der Waals surface area contributed by atoms with Crippen molar-refractivity contribution in [2.45, 2.75) is 57.6 Å². The standard InChI is InChI=1S/C19H28N6O2/c1-3-4-11-20-19-21-12-15(16-9-10-17(27-2)25-24-16)18(23-19)22-13-5-7-14(26)8-6-13/h9-10,12-14,26H,3-8,11H2,1-2H3,(H2,20,21,22,23)/t13-,14-. The van der Waals surface area contributed by atoms with Crippen LogP contribution < -0.4 is 15.4 Å². The number of anilines is 2. The molecule has 1 saturated carbocycles. The van der Waals surface area contributed by atoms with Crippen LogP contribution in [0.3, 0.4) is 0 Å². The van der Waals surface area contributed by atoms with E-state index in [1.807, 2.05) is 6.07 Å². The number of hydrogen-bond acceptors (Lipinski definition) is 8. The lowest BCUT2D eigenvalue weighted by Gasteiger charge is -2.27. The Labute approximate surface area is 159 Å². The molecule has 0 bridgehead atoms. The maximum absolute atomic E-state index is 9.75. The minimum absolute atomic E-state index is 0.188. The average Bonchev–Trinajstić information content (AvgIpc) is 2.70. The fourth-order valence-electron chi connectivity index (χ4n) is 3.13. The van der Waals surface area contributed by atoms with Gasteiger partial charge in [-0.25, -0.2) is 4.98 Å². The third-order valence-electron chi connectivity index (χ3n) is 4.76. The Hall–Kier alpha value is -2.48. The predicted molar refractivity (Wildman–Crippen MR) is 105 cm³/mol. The summed E-state index contributed by atoms with van der Waals surface area (Å²) in [6, 6.07) is 3.90. The maximum Gasteiger partial charge on any atom is 0.233 e. The van der Waals surface area contributed by atoms with Crippen LogP contribution in [0.2, 0.25) is 0 Å². The molecule has 0 spiro atoms. The summed E-state index contributed by atoms with van der Waals surface area (Å²) >= 11 is 0. The second-order valence-corrected chi connectivity index (χ2v) is 6.85. The Bertz CT molecular complexity index is 717. The first-order valence-corrected chi connectivity index (χ1v) is 9.63. The number of unbranched alkanes of at least 4 members (excludes halogenated alkanes) is 1. The Morgan fingerprint density at radius 1 is 1.19 bits per heavy atom. The number of hydrogen-bond donors (Lipinski definition) is 3. The fourth-order valence-corrected chi connectivity index (χ4v) is 3.13. The minimum atomic E-state index is -0.188. The van der Waals surface area contributed by atoms with E-state index in [1.54, 1.807) is 19.4 Å². The summed E-state index contributed by atoms with van der Waals surface area (Å²) in [4.78, 5) is 9.12. The van der Waals surface area contributed by atoms with E-state index in [2.05, 4.69) is 37.7 Å². The number of nitrogens with zero attached hydrogens (tertiary/aromatic N) is 4. The normalized spacial score (nSPS) is 19.5. The lowest BCUT2D eigenvalue weighted by molar-refractivity contribution is 0.126. The van der Waals surface area contributed by atoms with Gasteiger partial charge in [-0.2, -0.15) is 4.98 Å². The molecule has 0 aliphatic heterocycles. The first-order chi connectivity index (χ1) is 13.2. The number of aliphatic hydroxyl groups excluding tert-OH is 1. The van der Waals surface area contributed by atoms with Gasteiger partial charge in [0.1, 0.15) is 5.82 Å². The Balaban J connectivity index is 1.83. The number of ether oxygens (including phenoxy) is 1. The van der Waals surface area contributed by atoms with Crippen molar-refractivity contribution >= 4 is 11.8 Å². The monoisotopic (exact) mass is 372 g/mol. The largest absolute Gasteiger partial charge is 0.480 e. The number of aliphatic hydroxyl groups is 1. The van der Waals surface area contributed by atoms with Crippen LogP contribution in [-0.4, -0.2) is 51.1 Å². The zero-order valence-electron chi connectivity index (χ0n) is 16.0. The molecule has 27 heavy (non-hydrogen) atoms. The summed E-state index contributed by atoms with van der Waals surface area (Å²) in [7, 11) is 1.56. The minimum Gasteiger partial charge on any atom is -0.480 e. The number of aromatic nitrogens is 4. The van der Waals surface area contributed by atoms with Crippen LogP contribution in [0.25, 0.3) is 11.3 Å². The van der Waals surface area contributed by atoms with Crippen molar-refractivity contribution in [3.05, 3.63) is 18.3 Å². The van der Waals surface area contributed by atoms with Gasteiger partial charge in [-0.15, -0.1) is 10.2 Å². The summed E-state index contributed by atoms with van der Waals surface area (Å²) < 4.78 is 5.09. The van der Waals surface area contributed by atoms with Crippen molar-refractivity contribution in [3.8, 4) is 17.1 Å². The van der Waals surface area contributed by atoms with Crippen LogP contribution in [0.4, 0.5) is 11.8 Å². The zero-order chi connectivity index (χ0) is 19.1. The Morgan fingerprint density at radius 3 is 2.67 bits per heavy atom. The molecule has 0 unspecified atom stereocenters. The topological polar surface area (TPSA) is 105 Å². The molecule has 0 amide bonds. The van der Waals surface area contributed by atoms with E-state index in [1.165, 1.54) is 0 Å². The van der Waals surface area contributed by atoms with E-state index in [0.717, 1.165) is 56.5 Å². The van der Waals surface area contributed by atoms with Crippen LogP contribution in [0, 0.1) is 0 Å². The molecule has 146 valence electrons. The molecule has 3 N–H and O–H groups in total. The maximum atomic E-state index is 9.75. The SMILES string of the molecule is CCCCNc1ncc(-c2ccc(OC)nn2)c(N[C@H]2CC[C@H](O)CC2)n1. The third kappa shape index (κ3) is 5.26. The van der Waals surface area contributed by atoms with Crippen LogP contribution in [0.15, 0.2) is 18.3 Å². The third-order valence-corrected chi connectivity index (χ3v) is 4.76. The highest BCUT2D eigenvalue weighted by Gasteiger charge is 2.21. The quantitative estimate of drug-likeness (QED) is 0.608. The van der Waals surface area contributed by atoms with Crippen molar-refractivity contribution in [2.75, 3.05) is 24.3 Å². The Kier molecular flexibility index (Phi) is 6.75. The lowest BCUT2D eigenvalue weighted by atomic mass is 9.93. The van der Waals surface area contributed by atoms with Crippen LogP contribution in [-0.2, 0) is 0 Å². The van der Waals surface area contributed by atoms with Crippen molar-refractivity contribution in [3.63, 3.8) is 0 Å². The highest BCUT2D eigenvalue weighted by molar-refractivity contribution is 5.72. The van der Waals surface area contributed by atoms with Gasteiger partial charge in [0.15, 0.2) is 0 Å². The van der Waals surface area contributed by atoms with E-state index in [0.29, 0.717) is 17.5 Å². The molecule has 2 aromatic heterocycles. The predicted octanol–water partition coefficient (Wildman–Crippen LogP) is 2.87. The summed E-state index contributed by atoms with van der Waals surface area (Å²) in [6.07, 6.45) is 7.21. The van der Waals surface area contributed by atoms with Gasteiger partial charge in [-0.3, -0.25) is 0 Å². The molecule has 0 radical (unpaired) electrons. The molecule has 1 aliphatic carbocycles. The Morgan fingerprint density at radius 2 is 2.00 bits per heavy atom. The summed E-state index contributed by atoms with van der Waals surface area (Å²) in [5.41, 5.74) is 1.49. The summed E-state index contributed by atoms with van der Waals surface area (Å²) in [6.45, 7) is 2.99. The van der Waals surface area contributed by atoms with Crippen LogP contribution >= 0.6 is 0 Å². The highest BCUT2D eigenvalue weighted by atomic mass is 16.5. The van der Waals surface area contributed by atoms with Crippen LogP contribution in [0.5, 0.6) is 5.88 Å². The molecule has 3 rings (SSSR count). The second kappa shape index (κ2) is 9.45. The van der Waals surface area contributed by atoms with Gasteiger partial charge < -0.3 is 20.5 Å². The molecule has 1 aliphatic rings.